The molecular weight excluding hydrogens is 358 g/mol. The van der Waals surface area contributed by atoms with E-state index in [4.69, 9.17) is 9.47 Å². The number of hydrogen-bond donors (Lipinski definition) is 2. The number of amides is 1. The Kier molecular flexibility index (Phi) is 5.93. The van der Waals surface area contributed by atoms with Crippen LogP contribution in [0.3, 0.4) is 0 Å². The quantitative estimate of drug-likeness (QED) is 0.642. The van der Waals surface area contributed by atoms with E-state index in [-0.39, 0.29) is 17.2 Å². The maximum atomic E-state index is 12.4. The van der Waals surface area contributed by atoms with E-state index in [1.165, 1.54) is 19.4 Å². The Bertz CT molecular complexity index is 989. The molecule has 0 saturated carbocycles. The van der Waals surface area contributed by atoms with E-state index < -0.39 is 5.91 Å². The number of carbonyl (C=O) groups excluding carboxylic acids is 1. The summed E-state index contributed by atoms with van der Waals surface area (Å²) >= 11 is 0. The van der Waals surface area contributed by atoms with Crippen molar-refractivity contribution in [2.45, 2.75) is 20.3 Å². The number of aromatic nitrogens is 2. The van der Waals surface area contributed by atoms with Crippen LogP contribution in [0.25, 0.3) is 10.9 Å². The fourth-order valence-electron chi connectivity index (χ4n) is 2.62. The summed E-state index contributed by atoms with van der Waals surface area (Å²) in [6, 6.07) is 10.5. The Morgan fingerprint density at radius 2 is 2.04 bits per heavy atom. The van der Waals surface area contributed by atoms with Gasteiger partial charge >= 0.3 is 0 Å². The van der Waals surface area contributed by atoms with Crippen molar-refractivity contribution in [2.24, 2.45) is 5.92 Å². The number of aromatic hydroxyl groups is 1. The second-order valence-electron chi connectivity index (χ2n) is 6.75. The summed E-state index contributed by atoms with van der Waals surface area (Å²) in [5.41, 5.74) is 1.23. The number of pyridine rings is 2. The molecule has 146 valence electrons. The predicted octanol–water partition coefficient (Wildman–Crippen LogP) is 4.02. The van der Waals surface area contributed by atoms with Gasteiger partial charge in [-0.1, -0.05) is 13.8 Å². The topological polar surface area (TPSA) is 93.6 Å². The third-order valence-electron chi connectivity index (χ3n) is 4.19. The van der Waals surface area contributed by atoms with Gasteiger partial charge in [-0.25, -0.2) is 9.97 Å². The number of methoxy groups -OCH3 is 1. The van der Waals surface area contributed by atoms with Crippen molar-refractivity contribution in [3.05, 3.63) is 48.3 Å². The van der Waals surface area contributed by atoms with E-state index in [0.29, 0.717) is 24.1 Å². The number of fused-ring (bicyclic) bond motifs is 1. The third-order valence-corrected chi connectivity index (χ3v) is 4.19. The number of rotatable bonds is 7. The molecule has 0 atom stereocenters. The van der Waals surface area contributed by atoms with Crippen LogP contribution in [0, 0.1) is 5.92 Å². The molecule has 3 rings (SSSR count). The highest BCUT2D eigenvalue weighted by molar-refractivity contribution is 6.05. The molecule has 0 radical (unpaired) electrons. The van der Waals surface area contributed by atoms with Gasteiger partial charge < -0.3 is 19.9 Å². The Hall–Kier alpha value is -3.35. The highest BCUT2D eigenvalue weighted by atomic mass is 16.5. The van der Waals surface area contributed by atoms with Crippen LogP contribution in [0.2, 0.25) is 0 Å². The lowest BCUT2D eigenvalue weighted by molar-refractivity contribution is 0.101. The van der Waals surface area contributed by atoms with E-state index in [1.807, 2.05) is 12.1 Å². The van der Waals surface area contributed by atoms with Crippen LogP contribution in [-0.4, -0.2) is 34.7 Å². The molecule has 3 aromatic rings. The number of nitrogens with one attached hydrogen (secondary N) is 1. The summed E-state index contributed by atoms with van der Waals surface area (Å²) < 4.78 is 10.7. The smallest absolute Gasteiger partial charge is 0.278 e. The predicted molar refractivity (Wildman–Crippen MR) is 107 cm³/mol. The van der Waals surface area contributed by atoms with E-state index in [9.17, 15) is 9.90 Å². The number of hydrogen-bond acceptors (Lipinski definition) is 6. The van der Waals surface area contributed by atoms with Crippen LogP contribution in [0.5, 0.6) is 17.4 Å². The highest BCUT2D eigenvalue weighted by Gasteiger charge is 2.17. The molecule has 0 aliphatic carbocycles. The van der Waals surface area contributed by atoms with Crippen LogP contribution < -0.4 is 14.8 Å². The van der Waals surface area contributed by atoms with E-state index >= 15 is 0 Å². The number of carbonyl (C=O) groups is 1. The molecule has 0 aliphatic heterocycles. The molecule has 1 amide bonds. The average Bonchev–Trinajstić information content (AvgIpc) is 2.68. The molecule has 0 unspecified atom stereocenters. The normalized spacial score (nSPS) is 10.9. The van der Waals surface area contributed by atoms with Gasteiger partial charge in [0.15, 0.2) is 17.2 Å². The Labute approximate surface area is 163 Å². The molecule has 0 bridgehead atoms. The molecule has 1 aromatic carbocycles. The van der Waals surface area contributed by atoms with Gasteiger partial charge in [-0.3, -0.25) is 4.79 Å². The molecule has 0 aliphatic rings. The SMILES string of the molecule is COc1ccnc(C(=O)Nc2ccc3nc(OCCC(C)C)ccc3c2)c1O. The third kappa shape index (κ3) is 4.49. The van der Waals surface area contributed by atoms with Crippen molar-refractivity contribution in [2.75, 3.05) is 19.0 Å². The Morgan fingerprint density at radius 1 is 1.21 bits per heavy atom. The first-order chi connectivity index (χ1) is 13.5. The van der Waals surface area contributed by atoms with Gasteiger partial charge in [-0.2, -0.15) is 0 Å². The van der Waals surface area contributed by atoms with E-state index in [2.05, 4.69) is 29.1 Å². The summed E-state index contributed by atoms with van der Waals surface area (Å²) in [5.74, 6) is 0.513. The molecular formula is C21H23N3O4. The first kappa shape index (κ1) is 19.4. The number of nitrogens with zero attached hydrogens (tertiary/aromatic N) is 2. The molecule has 28 heavy (non-hydrogen) atoms. The molecule has 0 spiro atoms. The van der Waals surface area contributed by atoms with Crippen LogP contribution >= 0.6 is 0 Å². The summed E-state index contributed by atoms with van der Waals surface area (Å²) in [6.07, 6.45) is 2.37. The maximum absolute atomic E-state index is 12.4. The lowest BCUT2D eigenvalue weighted by atomic mass is 10.1. The lowest BCUT2D eigenvalue weighted by Crippen LogP contribution is -2.14. The van der Waals surface area contributed by atoms with Crippen molar-refractivity contribution in [3.8, 4) is 17.4 Å². The monoisotopic (exact) mass is 381 g/mol. The molecule has 7 heteroatoms. The molecule has 0 fully saturated rings. The summed E-state index contributed by atoms with van der Waals surface area (Å²) in [5, 5.41) is 13.7. The largest absolute Gasteiger partial charge is 0.503 e. The first-order valence-corrected chi connectivity index (χ1v) is 9.05. The fraction of sp³-hybridized carbons (Fsp3) is 0.286. The highest BCUT2D eigenvalue weighted by Crippen LogP contribution is 2.28. The maximum Gasteiger partial charge on any atom is 0.278 e. The lowest BCUT2D eigenvalue weighted by Gasteiger charge is -2.10. The number of benzene rings is 1. The summed E-state index contributed by atoms with van der Waals surface area (Å²) in [7, 11) is 1.41. The van der Waals surface area contributed by atoms with Crippen molar-refractivity contribution < 1.29 is 19.4 Å². The van der Waals surface area contributed by atoms with Gasteiger partial charge in [0.25, 0.3) is 5.91 Å². The Morgan fingerprint density at radius 3 is 2.79 bits per heavy atom. The van der Waals surface area contributed by atoms with Gasteiger partial charge in [0, 0.05) is 29.4 Å². The first-order valence-electron chi connectivity index (χ1n) is 9.05. The standard InChI is InChI=1S/C21H23N3O4/c1-13(2)9-11-28-18-7-4-14-12-15(5-6-16(14)24-18)23-21(26)19-20(25)17(27-3)8-10-22-19/h4-8,10,12-13,25H,9,11H2,1-3H3,(H,23,26). The van der Waals surface area contributed by atoms with Gasteiger partial charge in [0.05, 0.1) is 19.2 Å². The zero-order chi connectivity index (χ0) is 20.1. The molecule has 0 saturated heterocycles. The molecule has 2 heterocycles. The number of ether oxygens (including phenoxy) is 2. The van der Waals surface area contributed by atoms with Crippen molar-refractivity contribution in [1.29, 1.82) is 0 Å². The molecule has 2 N–H and O–H groups in total. The summed E-state index contributed by atoms with van der Waals surface area (Å²) in [4.78, 5) is 20.9. The van der Waals surface area contributed by atoms with Gasteiger partial charge in [-0.05, 0) is 36.6 Å². The second kappa shape index (κ2) is 8.56. The van der Waals surface area contributed by atoms with Crippen LogP contribution in [0.15, 0.2) is 42.6 Å². The average molecular weight is 381 g/mol. The van der Waals surface area contributed by atoms with E-state index in [0.717, 1.165) is 17.3 Å². The van der Waals surface area contributed by atoms with Crippen molar-refractivity contribution >= 4 is 22.5 Å². The minimum absolute atomic E-state index is 0.105. The zero-order valence-electron chi connectivity index (χ0n) is 16.1. The van der Waals surface area contributed by atoms with Crippen molar-refractivity contribution in [1.82, 2.24) is 9.97 Å². The molecule has 2 aromatic heterocycles. The molecule has 7 nitrogen and oxygen atoms in total. The van der Waals surface area contributed by atoms with Gasteiger partial charge in [0.1, 0.15) is 0 Å². The zero-order valence-corrected chi connectivity index (χ0v) is 16.1. The fourth-order valence-corrected chi connectivity index (χ4v) is 2.62. The van der Waals surface area contributed by atoms with E-state index in [1.54, 1.807) is 18.2 Å². The minimum Gasteiger partial charge on any atom is -0.503 e. The van der Waals surface area contributed by atoms with Gasteiger partial charge in [-0.15, -0.1) is 0 Å². The van der Waals surface area contributed by atoms with Gasteiger partial charge in [0.2, 0.25) is 5.88 Å². The van der Waals surface area contributed by atoms with Crippen LogP contribution in [0.4, 0.5) is 5.69 Å². The van der Waals surface area contributed by atoms with Crippen LogP contribution in [0.1, 0.15) is 30.8 Å². The number of anilines is 1. The van der Waals surface area contributed by atoms with Crippen molar-refractivity contribution in [3.63, 3.8) is 0 Å². The Balaban J connectivity index is 1.75. The minimum atomic E-state index is -0.530. The second-order valence-corrected chi connectivity index (χ2v) is 6.75. The van der Waals surface area contributed by atoms with Crippen LogP contribution in [-0.2, 0) is 0 Å². The summed E-state index contributed by atoms with van der Waals surface area (Å²) in [6.45, 7) is 4.92.